The maximum absolute atomic E-state index is 12.5. The van der Waals surface area contributed by atoms with Crippen LogP contribution in [0.15, 0.2) is 54.9 Å². The fraction of sp³-hybridized carbons (Fsp3) is 0.211. The summed E-state index contributed by atoms with van der Waals surface area (Å²) in [4.78, 5) is 30.9. The third-order valence-corrected chi connectivity index (χ3v) is 5.15. The van der Waals surface area contributed by atoms with Crippen LogP contribution in [-0.2, 0) is 0 Å². The van der Waals surface area contributed by atoms with Crippen molar-refractivity contribution < 1.29 is 9.59 Å². The van der Waals surface area contributed by atoms with E-state index in [-0.39, 0.29) is 23.9 Å². The molecule has 0 N–H and O–H groups in total. The largest absolute Gasteiger partial charge is 0.327 e. The number of benzene rings is 2. The molecule has 118 valence electrons. The van der Waals surface area contributed by atoms with Crippen molar-refractivity contribution in [1.29, 1.82) is 0 Å². The van der Waals surface area contributed by atoms with Crippen LogP contribution < -0.4 is 0 Å². The van der Waals surface area contributed by atoms with Gasteiger partial charge in [-0.05, 0) is 37.1 Å². The number of hydrogen-bond acceptors (Lipinski definition) is 3. The van der Waals surface area contributed by atoms with Gasteiger partial charge in [0.15, 0.2) is 0 Å². The van der Waals surface area contributed by atoms with Crippen molar-refractivity contribution in [2.75, 3.05) is 0 Å². The Hall–Kier alpha value is -2.95. The number of para-hydroxylation sites is 2. The molecule has 5 heteroatoms. The Morgan fingerprint density at radius 3 is 2.17 bits per heavy atom. The zero-order valence-corrected chi connectivity index (χ0v) is 12.9. The molecule has 3 aromatic rings. The molecule has 1 fully saturated rings. The summed E-state index contributed by atoms with van der Waals surface area (Å²) in [6.45, 7) is 0. The molecule has 2 amide bonds. The Kier molecular flexibility index (Phi) is 2.68. The van der Waals surface area contributed by atoms with Gasteiger partial charge >= 0.3 is 0 Å². The Bertz CT molecular complexity index is 950. The highest BCUT2D eigenvalue weighted by molar-refractivity contribution is 6.21. The zero-order valence-electron chi connectivity index (χ0n) is 12.9. The van der Waals surface area contributed by atoms with Crippen molar-refractivity contribution in [3.8, 4) is 0 Å². The highest BCUT2D eigenvalue weighted by Gasteiger charge is 2.45. The summed E-state index contributed by atoms with van der Waals surface area (Å²) in [6, 6.07) is 15.3. The van der Waals surface area contributed by atoms with Gasteiger partial charge < -0.3 is 4.57 Å². The molecule has 2 heterocycles. The predicted molar refractivity (Wildman–Crippen MR) is 88.7 cm³/mol. The minimum atomic E-state index is -0.158. The van der Waals surface area contributed by atoms with Gasteiger partial charge in [-0.2, -0.15) is 0 Å². The monoisotopic (exact) mass is 317 g/mol. The maximum atomic E-state index is 12.5. The van der Waals surface area contributed by atoms with E-state index >= 15 is 0 Å². The average molecular weight is 317 g/mol. The Morgan fingerprint density at radius 2 is 1.46 bits per heavy atom. The van der Waals surface area contributed by atoms with Crippen LogP contribution in [0.3, 0.4) is 0 Å². The van der Waals surface area contributed by atoms with E-state index in [4.69, 9.17) is 0 Å². The van der Waals surface area contributed by atoms with Gasteiger partial charge in [-0.25, -0.2) is 4.98 Å². The first-order valence-electron chi connectivity index (χ1n) is 8.12. The lowest BCUT2D eigenvalue weighted by molar-refractivity contribution is 0.0434. The molecule has 1 aliphatic carbocycles. The van der Waals surface area contributed by atoms with Crippen molar-refractivity contribution in [2.45, 2.75) is 24.9 Å². The molecule has 1 aliphatic heterocycles. The van der Waals surface area contributed by atoms with E-state index in [9.17, 15) is 9.59 Å². The minimum Gasteiger partial charge on any atom is -0.327 e. The molecule has 0 bridgehead atoms. The molecule has 0 saturated heterocycles. The van der Waals surface area contributed by atoms with Crippen LogP contribution in [0.4, 0.5) is 0 Å². The summed E-state index contributed by atoms with van der Waals surface area (Å²) >= 11 is 0. The number of imide groups is 1. The molecular formula is C19H15N3O2. The lowest BCUT2D eigenvalue weighted by Crippen LogP contribution is -2.48. The number of imidazole rings is 1. The summed E-state index contributed by atoms with van der Waals surface area (Å²) in [6.07, 6.45) is 3.42. The van der Waals surface area contributed by atoms with Gasteiger partial charge in [0.2, 0.25) is 0 Å². The van der Waals surface area contributed by atoms with Gasteiger partial charge in [0, 0.05) is 12.1 Å². The summed E-state index contributed by atoms with van der Waals surface area (Å²) in [5.41, 5.74) is 3.13. The fourth-order valence-corrected chi connectivity index (χ4v) is 3.81. The number of nitrogens with zero attached hydrogens (tertiary/aromatic N) is 3. The van der Waals surface area contributed by atoms with Gasteiger partial charge in [0.25, 0.3) is 11.8 Å². The summed E-state index contributed by atoms with van der Waals surface area (Å²) < 4.78 is 2.16. The highest BCUT2D eigenvalue weighted by atomic mass is 16.2. The van der Waals surface area contributed by atoms with Gasteiger partial charge in [0.1, 0.15) is 0 Å². The van der Waals surface area contributed by atoms with Crippen LogP contribution >= 0.6 is 0 Å². The molecule has 0 spiro atoms. The molecule has 1 aromatic heterocycles. The first kappa shape index (κ1) is 13.5. The standard InChI is InChI=1S/C19H15N3O2/c23-18-14-5-1-2-6-15(14)19(24)22(18)13-9-12(10-13)21-11-20-16-7-3-4-8-17(16)21/h1-8,11-13H,9-10H2. The van der Waals surface area contributed by atoms with Gasteiger partial charge in [-0.1, -0.05) is 24.3 Å². The predicted octanol–water partition coefficient (Wildman–Crippen LogP) is 3.04. The Morgan fingerprint density at radius 1 is 0.833 bits per heavy atom. The van der Waals surface area contributed by atoms with Crippen LogP contribution in [0.2, 0.25) is 0 Å². The zero-order chi connectivity index (χ0) is 16.3. The fourth-order valence-electron chi connectivity index (χ4n) is 3.81. The van der Waals surface area contributed by atoms with Crippen LogP contribution in [-0.4, -0.2) is 32.3 Å². The van der Waals surface area contributed by atoms with Crippen molar-refractivity contribution in [3.63, 3.8) is 0 Å². The molecular weight excluding hydrogens is 302 g/mol. The lowest BCUT2D eigenvalue weighted by atomic mass is 9.85. The molecule has 0 unspecified atom stereocenters. The van der Waals surface area contributed by atoms with Crippen molar-refractivity contribution in [2.24, 2.45) is 0 Å². The van der Waals surface area contributed by atoms with E-state index in [0.29, 0.717) is 11.1 Å². The molecule has 0 atom stereocenters. The highest BCUT2D eigenvalue weighted by Crippen LogP contribution is 2.40. The summed E-state index contributed by atoms with van der Waals surface area (Å²) in [5, 5.41) is 0. The number of aromatic nitrogens is 2. The topological polar surface area (TPSA) is 55.2 Å². The van der Waals surface area contributed by atoms with Crippen LogP contribution in [0.25, 0.3) is 11.0 Å². The number of rotatable bonds is 2. The third kappa shape index (κ3) is 1.72. The number of carbonyl (C=O) groups excluding carboxylic acids is 2. The van der Waals surface area contributed by atoms with Crippen molar-refractivity contribution in [1.82, 2.24) is 14.5 Å². The van der Waals surface area contributed by atoms with Crippen LogP contribution in [0, 0.1) is 0 Å². The first-order chi connectivity index (χ1) is 11.7. The third-order valence-electron chi connectivity index (χ3n) is 5.15. The second-order valence-electron chi connectivity index (χ2n) is 6.45. The number of amides is 2. The summed E-state index contributed by atoms with van der Waals surface area (Å²) in [5.74, 6) is -0.316. The van der Waals surface area contributed by atoms with Gasteiger partial charge in [0.05, 0.1) is 28.5 Å². The van der Waals surface area contributed by atoms with Crippen molar-refractivity contribution >= 4 is 22.8 Å². The molecule has 0 radical (unpaired) electrons. The van der Waals surface area contributed by atoms with Crippen LogP contribution in [0.1, 0.15) is 39.6 Å². The quantitative estimate of drug-likeness (QED) is 0.683. The van der Waals surface area contributed by atoms with Crippen LogP contribution in [0.5, 0.6) is 0 Å². The Labute approximate surface area is 138 Å². The van der Waals surface area contributed by atoms with E-state index < -0.39 is 0 Å². The average Bonchev–Trinajstić information content (AvgIpc) is 3.10. The molecule has 1 saturated carbocycles. The maximum Gasteiger partial charge on any atom is 0.261 e. The van der Waals surface area contributed by atoms with E-state index in [1.54, 1.807) is 24.3 Å². The van der Waals surface area contributed by atoms with Crippen molar-refractivity contribution in [3.05, 3.63) is 66.0 Å². The first-order valence-corrected chi connectivity index (χ1v) is 8.12. The second kappa shape index (κ2) is 4.77. The minimum absolute atomic E-state index is 0.0245. The molecule has 5 rings (SSSR count). The molecule has 2 aromatic carbocycles. The summed E-state index contributed by atoms with van der Waals surface area (Å²) in [7, 11) is 0. The lowest BCUT2D eigenvalue weighted by Gasteiger charge is -2.40. The molecule has 2 aliphatic rings. The van der Waals surface area contributed by atoms with E-state index in [1.165, 1.54) is 4.90 Å². The normalized spacial score (nSPS) is 22.8. The van der Waals surface area contributed by atoms with E-state index in [0.717, 1.165) is 23.9 Å². The second-order valence-corrected chi connectivity index (χ2v) is 6.45. The number of carbonyl (C=O) groups is 2. The number of hydrogen-bond donors (Lipinski definition) is 0. The van der Waals surface area contributed by atoms with Gasteiger partial charge in [-0.3, -0.25) is 14.5 Å². The van der Waals surface area contributed by atoms with E-state index in [2.05, 4.69) is 15.6 Å². The molecule has 5 nitrogen and oxygen atoms in total. The number of fused-ring (bicyclic) bond motifs is 2. The van der Waals surface area contributed by atoms with E-state index in [1.807, 2.05) is 24.5 Å². The smallest absolute Gasteiger partial charge is 0.261 e. The van der Waals surface area contributed by atoms with Gasteiger partial charge in [-0.15, -0.1) is 0 Å². The molecule has 24 heavy (non-hydrogen) atoms. The SMILES string of the molecule is O=C1c2ccccc2C(=O)N1C1CC(n2cnc3ccccc32)C1. The Balaban J connectivity index is 1.39.